The Bertz CT molecular complexity index is 698. The minimum atomic E-state index is -3.70. The number of benzene rings is 1. The Morgan fingerprint density at radius 2 is 1.76 bits per heavy atom. The molecule has 5 nitrogen and oxygen atoms in total. The highest BCUT2D eigenvalue weighted by molar-refractivity contribution is 8.00. The van der Waals surface area contributed by atoms with E-state index in [1.54, 1.807) is 11.8 Å². The molecule has 0 saturated heterocycles. The Kier molecular flexibility index (Phi) is 7.93. The van der Waals surface area contributed by atoms with Crippen LogP contribution in [0.2, 0.25) is 10.0 Å². The molecule has 142 valence electrons. The molecule has 0 radical (unpaired) electrons. The molecule has 0 aliphatic heterocycles. The Hall–Kier alpha value is -0.630. The lowest BCUT2D eigenvalue weighted by molar-refractivity contribution is -0.121. The van der Waals surface area contributed by atoms with E-state index in [9.17, 15) is 13.2 Å². The van der Waals surface area contributed by atoms with Crippen LogP contribution in [0.3, 0.4) is 0 Å². The lowest BCUT2D eigenvalue weighted by atomic mass is 10.2. The molecule has 1 rings (SSSR count). The van der Waals surface area contributed by atoms with Crippen LogP contribution in [0.4, 0.5) is 5.69 Å². The van der Waals surface area contributed by atoms with Gasteiger partial charge in [0, 0.05) is 27.1 Å². The molecule has 1 aromatic carbocycles. The number of amides is 1. The second-order valence-corrected chi connectivity index (χ2v) is 11.3. The van der Waals surface area contributed by atoms with E-state index in [1.165, 1.54) is 25.1 Å². The van der Waals surface area contributed by atoms with Crippen LogP contribution in [0.5, 0.6) is 0 Å². The van der Waals surface area contributed by atoms with E-state index in [0.717, 1.165) is 16.3 Å². The highest BCUT2D eigenvalue weighted by Gasteiger charge is 2.29. The van der Waals surface area contributed by atoms with Crippen molar-refractivity contribution < 1.29 is 13.2 Å². The van der Waals surface area contributed by atoms with Crippen LogP contribution in [0.15, 0.2) is 18.2 Å². The molecule has 0 bridgehead atoms. The van der Waals surface area contributed by atoms with E-state index in [0.29, 0.717) is 16.6 Å². The lowest BCUT2D eigenvalue weighted by Crippen LogP contribution is -2.48. The monoisotopic (exact) mass is 426 g/mol. The zero-order chi connectivity index (χ0) is 19.4. The molecule has 1 atom stereocenters. The molecule has 0 aromatic heterocycles. The molecule has 0 unspecified atom stereocenters. The second-order valence-electron chi connectivity index (χ2n) is 6.61. The number of hydrogen-bond donors (Lipinski definition) is 1. The molecule has 9 heteroatoms. The first kappa shape index (κ1) is 22.4. The van der Waals surface area contributed by atoms with Crippen molar-refractivity contribution in [1.82, 2.24) is 5.32 Å². The Morgan fingerprint density at radius 1 is 1.24 bits per heavy atom. The summed E-state index contributed by atoms with van der Waals surface area (Å²) in [5, 5.41) is 3.37. The van der Waals surface area contributed by atoms with Crippen molar-refractivity contribution in [2.24, 2.45) is 0 Å². The van der Waals surface area contributed by atoms with E-state index in [4.69, 9.17) is 23.2 Å². The average molecular weight is 427 g/mol. The molecule has 0 saturated carbocycles. The van der Waals surface area contributed by atoms with Crippen LogP contribution in [-0.4, -0.2) is 43.7 Å². The number of nitrogens with one attached hydrogen (secondary N) is 1. The zero-order valence-corrected chi connectivity index (χ0v) is 18.1. The third-order valence-corrected chi connectivity index (χ3v) is 6.08. The first-order valence-electron chi connectivity index (χ1n) is 7.68. The van der Waals surface area contributed by atoms with Crippen molar-refractivity contribution in [2.75, 3.05) is 22.9 Å². The molecular formula is C16H24Cl2N2O3S2. The van der Waals surface area contributed by atoms with Gasteiger partial charge >= 0.3 is 0 Å². The number of carbonyl (C=O) groups excluding carboxylic acids is 1. The van der Waals surface area contributed by atoms with Crippen LogP contribution < -0.4 is 9.62 Å². The smallest absolute Gasteiger partial charge is 0.243 e. The lowest BCUT2D eigenvalue weighted by Gasteiger charge is -2.28. The van der Waals surface area contributed by atoms with Gasteiger partial charge in [-0.3, -0.25) is 9.10 Å². The maximum Gasteiger partial charge on any atom is 0.243 e. The minimum Gasteiger partial charge on any atom is -0.353 e. The summed E-state index contributed by atoms with van der Waals surface area (Å²) < 4.78 is 25.6. The third kappa shape index (κ3) is 7.64. The highest BCUT2D eigenvalue weighted by Crippen LogP contribution is 2.28. The summed E-state index contributed by atoms with van der Waals surface area (Å²) in [5.74, 6) is 0.361. The van der Waals surface area contributed by atoms with Gasteiger partial charge in [0.2, 0.25) is 15.9 Å². The van der Waals surface area contributed by atoms with Crippen LogP contribution in [0.25, 0.3) is 0 Å². The molecule has 0 spiro atoms. The normalized spacial score (nSPS) is 13.4. The number of carbonyl (C=O) groups is 1. The van der Waals surface area contributed by atoms with E-state index in [-0.39, 0.29) is 16.3 Å². The average Bonchev–Trinajstić information content (AvgIpc) is 2.39. The summed E-state index contributed by atoms with van der Waals surface area (Å²) in [5.41, 5.74) is 0.256. The largest absolute Gasteiger partial charge is 0.353 e. The quantitative estimate of drug-likeness (QED) is 0.673. The number of halogens is 2. The summed E-state index contributed by atoms with van der Waals surface area (Å²) >= 11 is 13.6. The molecule has 0 aliphatic rings. The summed E-state index contributed by atoms with van der Waals surface area (Å²) in [6.45, 7) is 8.27. The number of thioether (sulfide) groups is 1. The number of anilines is 1. The topological polar surface area (TPSA) is 66.5 Å². The predicted molar refractivity (Wildman–Crippen MR) is 108 cm³/mol. The summed E-state index contributed by atoms with van der Waals surface area (Å²) in [6, 6.07) is 3.51. The number of nitrogens with zero attached hydrogens (tertiary/aromatic N) is 1. The van der Waals surface area contributed by atoms with Crippen molar-refractivity contribution in [3.63, 3.8) is 0 Å². The van der Waals surface area contributed by atoms with Gasteiger partial charge in [0.25, 0.3) is 0 Å². The van der Waals surface area contributed by atoms with Crippen molar-refractivity contribution in [3.8, 4) is 0 Å². The molecule has 1 aromatic rings. The predicted octanol–water partition coefficient (Wildman–Crippen LogP) is 3.80. The molecule has 0 fully saturated rings. The van der Waals surface area contributed by atoms with Crippen LogP contribution in [0, 0.1) is 0 Å². The van der Waals surface area contributed by atoms with Gasteiger partial charge in [0.15, 0.2) is 0 Å². The van der Waals surface area contributed by atoms with Crippen molar-refractivity contribution in [3.05, 3.63) is 28.2 Å². The summed E-state index contributed by atoms with van der Waals surface area (Å²) in [4.78, 5) is 12.4. The van der Waals surface area contributed by atoms with Crippen LogP contribution in [0.1, 0.15) is 27.7 Å². The van der Waals surface area contributed by atoms with Gasteiger partial charge in [-0.1, -0.05) is 44.0 Å². The molecule has 25 heavy (non-hydrogen) atoms. The van der Waals surface area contributed by atoms with E-state index >= 15 is 0 Å². The fraction of sp³-hybridized carbons (Fsp3) is 0.562. The summed E-state index contributed by atoms with van der Waals surface area (Å²) in [6.07, 6.45) is 1.04. The highest BCUT2D eigenvalue weighted by atomic mass is 35.5. The number of rotatable bonds is 7. The summed E-state index contributed by atoms with van der Waals surface area (Å²) in [7, 11) is -3.70. The first-order chi connectivity index (χ1) is 11.3. The number of sulfonamides is 1. The SMILES string of the molecule is C[C@@H](C(=O)NCCSC(C)(C)C)N(c1cc(Cl)cc(Cl)c1)S(C)(=O)=O. The van der Waals surface area contributed by atoms with Gasteiger partial charge in [0.05, 0.1) is 11.9 Å². The third-order valence-electron chi connectivity index (χ3n) is 3.13. The molecule has 0 heterocycles. The van der Waals surface area contributed by atoms with Crippen LogP contribution in [-0.2, 0) is 14.8 Å². The van der Waals surface area contributed by atoms with Gasteiger partial charge in [0.1, 0.15) is 6.04 Å². The molecular weight excluding hydrogens is 403 g/mol. The fourth-order valence-corrected chi connectivity index (χ4v) is 4.64. The number of hydrogen-bond acceptors (Lipinski definition) is 4. The van der Waals surface area contributed by atoms with Crippen molar-refractivity contribution >= 4 is 56.6 Å². The Labute approximate surface area is 164 Å². The van der Waals surface area contributed by atoms with Crippen LogP contribution >= 0.6 is 35.0 Å². The zero-order valence-electron chi connectivity index (χ0n) is 15.0. The van der Waals surface area contributed by atoms with Gasteiger partial charge in [-0.2, -0.15) is 11.8 Å². The standard InChI is InChI=1S/C16H24Cl2N2O3S2/c1-11(15(21)19-6-7-24-16(2,3)4)20(25(5,22)23)14-9-12(17)8-13(18)10-14/h8-11H,6-7H2,1-5H3,(H,19,21)/t11-/m0/s1. The van der Waals surface area contributed by atoms with Gasteiger partial charge in [-0.15, -0.1) is 0 Å². The fourth-order valence-electron chi connectivity index (χ4n) is 2.15. The van der Waals surface area contributed by atoms with Gasteiger partial charge in [-0.05, 0) is 25.1 Å². The Morgan fingerprint density at radius 3 is 2.20 bits per heavy atom. The van der Waals surface area contributed by atoms with E-state index in [2.05, 4.69) is 26.1 Å². The molecule has 0 aliphatic carbocycles. The molecule has 1 N–H and O–H groups in total. The van der Waals surface area contributed by atoms with E-state index in [1.807, 2.05) is 0 Å². The minimum absolute atomic E-state index is 0.104. The first-order valence-corrected chi connectivity index (χ1v) is 11.3. The molecule has 1 amide bonds. The maximum absolute atomic E-state index is 12.4. The van der Waals surface area contributed by atoms with Gasteiger partial charge < -0.3 is 5.32 Å². The Balaban J connectivity index is 2.91. The van der Waals surface area contributed by atoms with Crippen molar-refractivity contribution in [1.29, 1.82) is 0 Å². The second kappa shape index (κ2) is 8.84. The maximum atomic E-state index is 12.4. The van der Waals surface area contributed by atoms with Gasteiger partial charge in [-0.25, -0.2) is 8.42 Å². The van der Waals surface area contributed by atoms with Crippen molar-refractivity contribution in [2.45, 2.75) is 38.5 Å². The van der Waals surface area contributed by atoms with E-state index < -0.39 is 16.1 Å².